The van der Waals surface area contributed by atoms with Gasteiger partial charge in [-0.2, -0.15) is 5.10 Å². The number of urea groups is 1. The third-order valence-corrected chi connectivity index (χ3v) is 3.16. The van der Waals surface area contributed by atoms with Gasteiger partial charge in [-0.15, -0.1) is 0 Å². The summed E-state index contributed by atoms with van der Waals surface area (Å²) in [6, 6.07) is -0.289. The van der Waals surface area contributed by atoms with Crippen molar-refractivity contribution in [1.82, 2.24) is 25.4 Å². The van der Waals surface area contributed by atoms with Crippen molar-refractivity contribution in [3.63, 3.8) is 0 Å². The first-order valence-electron chi connectivity index (χ1n) is 6.51. The minimum Gasteiger partial charge on any atom is -0.396 e. The number of amides is 2. The van der Waals surface area contributed by atoms with E-state index < -0.39 is 0 Å². The number of rotatable bonds is 7. The van der Waals surface area contributed by atoms with E-state index in [0.29, 0.717) is 13.0 Å². The lowest BCUT2D eigenvalue weighted by atomic mass is 9.95. The monoisotopic (exact) mass is 269 g/mol. The summed E-state index contributed by atoms with van der Waals surface area (Å²) >= 11 is 0. The van der Waals surface area contributed by atoms with Crippen LogP contribution in [0.5, 0.6) is 0 Å². The van der Waals surface area contributed by atoms with Gasteiger partial charge in [0.2, 0.25) is 0 Å². The highest BCUT2D eigenvalue weighted by Gasteiger charge is 2.24. The largest absolute Gasteiger partial charge is 0.396 e. The van der Waals surface area contributed by atoms with Crippen molar-refractivity contribution in [2.75, 3.05) is 6.61 Å². The molecule has 0 aliphatic rings. The standard InChI is InChI=1S/C12H23N5O2/c1-4-12(3,5-6-18)16-11(19)15-10(2)7-17-9-13-8-14-17/h8-10,18H,4-7H2,1-3H3,(H2,15,16,19). The summed E-state index contributed by atoms with van der Waals surface area (Å²) < 4.78 is 1.66. The molecule has 1 rings (SSSR count). The number of aromatic nitrogens is 3. The Hall–Kier alpha value is -1.63. The molecule has 0 bridgehead atoms. The van der Waals surface area contributed by atoms with Gasteiger partial charge >= 0.3 is 6.03 Å². The highest BCUT2D eigenvalue weighted by Crippen LogP contribution is 2.13. The fourth-order valence-electron chi connectivity index (χ4n) is 1.76. The van der Waals surface area contributed by atoms with Gasteiger partial charge in [-0.1, -0.05) is 6.92 Å². The quantitative estimate of drug-likeness (QED) is 0.673. The van der Waals surface area contributed by atoms with Crippen LogP contribution < -0.4 is 10.6 Å². The highest BCUT2D eigenvalue weighted by molar-refractivity contribution is 5.75. The molecule has 0 radical (unpaired) electrons. The van der Waals surface area contributed by atoms with Gasteiger partial charge in [-0.3, -0.25) is 4.68 Å². The zero-order valence-electron chi connectivity index (χ0n) is 11.8. The molecule has 3 N–H and O–H groups in total. The van der Waals surface area contributed by atoms with Crippen molar-refractivity contribution in [1.29, 1.82) is 0 Å². The molecule has 108 valence electrons. The second-order valence-corrected chi connectivity index (χ2v) is 5.00. The van der Waals surface area contributed by atoms with Crippen LogP contribution in [0, 0.1) is 0 Å². The maximum Gasteiger partial charge on any atom is 0.315 e. The van der Waals surface area contributed by atoms with Gasteiger partial charge in [-0.25, -0.2) is 9.78 Å². The first kappa shape index (κ1) is 15.4. The van der Waals surface area contributed by atoms with E-state index in [2.05, 4.69) is 20.7 Å². The van der Waals surface area contributed by atoms with Crippen molar-refractivity contribution in [2.45, 2.75) is 51.7 Å². The summed E-state index contributed by atoms with van der Waals surface area (Å²) in [5.74, 6) is 0. The van der Waals surface area contributed by atoms with Crippen LogP contribution in [0.15, 0.2) is 12.7 Å². The minimum absolute atomic E-state index is 0.0547. The van der Waals surface area contributed by atoms with Crippen LogP contribution in [0.4, 0.5) is 4.79 Å². The van der Waals surface area contributed by atoms with Crippen LogP contribution >= 0.6 is 0 Å². The summed E-state index contributed by atoms with van der Waals surface area (Å²) in [6.45, 7) is 6.42. The molecular weight excluding hydrogens is 246 g/mol. The normalized spacial score (nSPS) is 15.6. The third-order valence-electron chi connectivity index (χ3n) is 3.16. The highest BCUT2D eigenvalue weighted by atomic mass is 16.3. The van der Waals surface area contributed by atoms with Gasteiger partial charge in [0.25, 0.3) is 0 Å². The number of nitrogens with one attached hydrogen (secondary N) is 2. The topological polar surface area (TPSA) is 92.1 Å². The number of carbonyl (C=O) groups is 1. The second-order valence-electron chi connectivity index (χ2n) is 5.00. The molecule has 0 fully saturated rings. The Labute approximate surface area is 113 Å². The summed E-state index contributed by atoms with van der Waals surface area (Å²) in [5.41, 5.74) is -0.383. The molecule has 2 atom stereocenters. The zero-order chi connectivity index (χ0) is 14.3. The van der Waals surface area contributed by atoms with Crippen molar-refractivity contribution in [2.24, 2.45) is 0 Å². The molecular formula is C12H23N5O2. The third kappa shape index (κ3) is 5.25. The first-order valence-corrected chi connectivity index (χ1v) is 6.51. The summed E-state index contributed by atoms with van der Waals surface area (Å²) in [7, 11) is 0. The maximum atomic E-state index is 11.9. The predicted molar refractivity (Wildman–Crippen MR) is 71.6 cm³/mol. The summed E-state index contributed by atoms with van der Waals surface area (Å²) in [5, 5.41) is 18.7. The predicted octanol–water partition coefficient (Wildman–Crippen LogP) is 0.517. The van der Waals surface area contributed by atoms with E-state index >= 15 is 0 Å². The van der Waals surface area contributed by atoms with E-state index in [1.54, 1.807) is 11.0 Å². The van der Waals surface area contributed by atoms with E-state index in [1.165, 1.54) is 6.33 Å². The number of hydrogen-bond acceptors (Lipinski definition) is 4. The Morgan fingerprint density at radius 3 is 2.84 bits per heavy atom. The van der Waals surface area contributed by atoms with Gasteiger partial charge in [-0.05, 0) is 26.7 Å². The first-order chi connectivity index (χ1) is 8.99. The van der Waals surface area contributed by atoms with Crippen LogP contribution in [0.25, 0.3) is 0 Å². The van der Waals surface area contributed by atoms with Crippen molar-refractivity contribution < 1.29 is 9.90 Å². The molecule has 2 unspecified atom stereocenters. The Morgan fingerprint density at radius 2 is 2.32 bits per heavy atom. The zero-order valence-corrected chi connectivity index (χ0v) is 11.8. The average molecular weight is 269 g/mol. The van der Waals surface area contributed by atoms with Crippen molar-refractivity contribution in [3.05, 3.63) is 12.7 Å². The fourth-order valence-corrected chi connectivity index (χ4v) is 1.76. The molecule has 1 aromatic rings. The van der Waals surface area contributed by atoms with E-state index in [4.69, 9.17) is 5.11 Å². The Balaban J connectivity index is 2.41. The molecule has 0 aromatic carbocycles. The lowest BCUT2D eigenvalue weighted by Crippen LogP contribution is -2.52. The Kier molecular flexibility index (Phi) is 5.75. The van der Waals surface area contributed by atoms with Crippen LogP contribution in [0.3, 0.4) is 0 Å². The van der Waals surface area contributed by atoms with Crippen LogP contribution in [0.2, 0.25) is 0 Å². The smallest absolute Gasteiger partial charge is 0.315 e. The number of hydrogen-bond donors (Lipinski definition) is 3. The molecule has 0 spiro atoms. The molecule has 0 aliphatic heterocycles. The van der Waals surface area contributed by atoms with Gasteiger partial charge < -0.3 is 15.7 Å². The summed E-state index contributed by atoms with van der Waals surface area (Å²) in [6.07, 6.45) is 4.37. The average Bonchev–Trinajstić information content (AvgIpc) is 2.81. The number of aliphatic hydroxyl groups excluding tert-OH is 1. The Bertz CT molecular complexity index is 381. The molecule has 19 heavy (non-hydrogen) atoms. The van der Waals surface area contributed by atoms with E-state index in [1.807, 2.05) is 20.8 Å². The minimum atomic E-state index is -0.383. The molecule has 2 amide bonds. The van der Waals surface area contributed by atoms with Crippen molar-refractivity contribution in [3.8, 4) is 0 Å². The second kappa shape index (κ2) is 7.08. The molecule has 0 aliphatic carbocycles. The van der Waals surface area contributed by atoms with E-state index in [0.717, 1.165) is 6.42 Å². The van der Waals surface area contributed by atoms with Gasteiger partial charge in [0.15, 0.2) is 0 Å². The number of nitrogens with zero attached hydrogens (tertiary/aromatic N) is 3. The molecule has 7 nitrogen and oxygen atoms in total. The van der Waals surface area contributed by atoms with E-state index in [-0.39, 0.29) is 24.2 Å². The lowest BCUT2D eigenvalue weighted by molar-refractivity contribution is 0.198. The molecule has 1 aromatic heterocycles. The summed E-state index contributed by atoms with van der Waals surface area (Å²) in [4.78, 5) is 15.7. The van der Waals surface area contributed by atoms with Crippen molar-refractivity contribution >= 4 is 6.03 Å². The van der Waals surface area contributed by atoms with Gasteiger partial charge in [0, 0.05) is 18.2 Å². The van der Waals surface area contributed by atoms with Crippen LogP contribution in [-0.4, -0.2) is 44.1 Å². The van der Waals surface area contributed by atoms with E-state index in [9.17, 15) is 4.79 Å². The fraction of sp³-hybridized carbons (Fsp3) is 0.750. The van der Waals surface area contributed by atoms with Crippen LogP contribution in [-0.2, 0) is 6.54 Å². The molecule has 0 saturated heterocycles. The van der Waals surface area contributed by atoms with Gasteiger partial charge in [0.05, 0.1) is 6.54 Å². The SMILES string of the molecule is CCC(C)(CCO)NC(=O)NC(C)Cn1cncn1. The number of aliphatic hydroxyl groups is 1. The lowest BCUT2D eigenvalue weighted by Gasteiger charge is -2.29. The number of carbonyl (C=O) groups excluding carboxylic acids is 1. The molecule has 0 saturated carbocycles. The molecule has 1 heterocycles. The molecule has 7 heteroatoms. The van der Waals surface area contributed by atoms with Gasteiger partial charge in [0.1, 0.15) is 12.7 Å². The van der Waals surface area contributed by atoms with Crippen LogP contribution in [0.1, 0.15) is 33.6 Å². The Morgan fingerprint density at radius 1 is 1.58 bits per heavy atom. The maximum absolute atomic E-state index is 11.9.